The summed E-state index contributed by atoms with van der Waals surface area (Å²) < 4.78 is 5.02. The normalized spacial score (nSPS) is 12.1. The Bertz CT molecular complexity index is 482. The first kappa shape index (κ1) is 15.7. The standard InChI is InChI=1S/C13H20N2O3S/c1-5-9(14)11(16)15-12-10(13(17)18-6-2)7(3)8(4)19-12/h9H,5-6,14H2,1-4H3,(H,15,16)/t9-/m0/s1. The molecule has 106 valence electrons. The molecular weight excluding hydrogens is 264 g/mol. The lowest BCUT2D eigenvalue weighted by Crippen LogP contribution is -2.35. The average Bonchev–Trinajstić information content (AvgIpc) is 2.64. The number of aryl methyl sites for hydroxylation is 1. The molecule has 0 spiro atoms. The number of nitrogens with one attached hydrogen (secondary N) is 1. The van der Waals surface area contributed by atoms with Gasteiger partial charge in [-0.2, -0.15) is 0 Å². The molecule has 1 atom stereocenters. The van der Waals surface area contributed by atoms with Gasteiger partial charge in [-0.25, -0.2) is 4.79 Å². The van der Waals surface area contributed by atoms with Crippen molar-refractivity contribution in [2.24, 2.45) is 5.73 Å². The second-order valence-electron chi connectivity index (χ2n) is 4.21. The Kier molecular flexibility index (Phi) is 5.50. The van der Waals surface area contributed by atoms with Gasteiger partial charge >= 0.3 is 5.97 Å². The minimum absolute atomic E-state index is 0.283. The third-order valence-electron chi connectivity index (χ3n) is 2.88. The highest BCUT2D eigenvalue weighted by molar-refractivity contribution is 7.16. The second-order valence-corrected chi connectivity index (χ2v) is 5.44. The van der Waals surface area contributed by atoms with Crippen LogP contribution >= 0.6 is 11.3 Å². The van der Waals surface area contributed by atoms with Gasteiger partial charge in [0, 0.05) is 4.88 Å². The highest BCUT2D eigenvalue weighted by Gasteiger charge is 2.23. The molecule has 0 bridgehead atoms. The quantitative estimate of drug-likeness (QED) is 0.812. The minimum atomic E-state index is -0.572. The van der Waals surface area contributed by atoms with E-state index in [-0.39, 0.29) is 5.91 Å². The fraction of sp³-hybridized carbons (Fsp3) is 0.538. The predicted octanol–water partition coefficient (Wildman–Crippen LogP) is 2.22. The molecule has 0 unspecified atom stereocenters. The van der Waals surface area contributed by atoms with Crippen molar-refractivity contribution in [2.45, 2.75) is 40.2 Å². The summed E-state index contributed by atoms with van der Waals surface area (Å²) in [6, 6.07) is -0.572. The third kappa shape index (κ3) is 3.54. The van der Waals surface area contributed by atoms with Gasteiger partial charge in [0.25, 0.3) is 0 Å². The van der Waals surface area contributed by atoms with E-state index in [4.69, 9.17) is 10.5 Å². The van der Waals surface area contributed by atoms with E-state index in [0.29, 0.717) is 23.6 Å². The molecule has 0 aliphatic rings. The monoisotopic (exact) mass is 284 g/mol. The van der Waals surface area contributed by atoms with Crippen molar-refractivity contribution in [3.05, 3.63) is 16.0 Å². The summed E-state index contributed by atoms with van der Waals surface area (Å²) in [5.41, 5.74) is 6.94. The lowest BCUT2D eigenvalue weighted by molar-refractivity contribution is -0.117. The summed E-state index contributed by atoms with van der Waals surface area (Å²) in [5, 5.41) is 3.23. The third-order valence-corrected chi connectivity index (χ3v) is 4.00. The van der Waals surface area contributed by atoms with Gasteiger partial charge in [-0.15, -0.1) is 11.3 Å². The van der Waals surface area contributed by atoms with Gasteiger partial charge in [-0.3, -0.25) is 4.79 Å². The molecule has 1 rings (SSSR count). The maximum absolute atomic E-state index is 11.9. The first-order chi connectivity index (χ1) is 8.92. The summed E-state index contributed by atoms with van der Waals surface area (Å²) in [5.74, 6) is -0.695. The van der Waals surface area contributed by atoms with Crippen LogP contribution in [0.4, 0.5) is 5.00 Å². The Balaban J connectivity index is 3.04. The van der Waals surface area contributed by atoms with Crippen molar-refractivity contribution in [2.75, 3.05) is 11.9 Å². The molecule has 1 aromatic heterocycles. The van der Waals surface area contributed by atoms with Crippen molar-refractivity contribution < 1.29 is 14.3 Å². The summed E-state index contributed by atoms with van der Waals surface area (Å²) in [7, 11) is 0. The highest BCUT2D eigenvalue weighted by Crippen LogP contribution is 2.33. The number of carbonyl (C=O) groups excluding carboxylic acids is 2. The number of esters is 1. The molecule has 0 aromatic carbocycles. The largest absolute Gasteiger partial charge is 0.462 e. The van der Waals surface area contributed by atoms with E-state index in [1.807, 2.05) is 20.8 Å². The van der Waals surface area contributed by atoms with Crippen LogP contribution in [0.3, 0.4) is 0 Å². The molecule has 19 heavy (non-hydrogen) atoms. The number of thiophene rings is 1. The highest BCUT2D eigenvalue weighted by atomic mass is 32.1. The van der Waals surface area contributed by atoms with Gasteiger partial charge in [0.2, 0.25) is 5.91 Å². The number of hydrogen-bond donors (Lipinski definition) is 2. The molecule has 0 fully saturated rings. The molecular formula is C13H20N2O3S. The summed E-state index contributed by atoms with van der Waals surface area (Å²) >= 11 is 1.36. The average molecular weight is 284 g/mol. The van der Waals surface area contributed by atoms with Crippen LogP contribution in [-0.4, -0.2) is 24.5 Å². The van der Waals surface area contributed by atoms with Crippen LogP contribution in [0.2, 0.25) is 0 Å². The number of rotatable bonds is 5. The maximum atomic E-state index is 11.9. The molecule has 0 radical (unpaired) electrons. The molecule has 1 amide bonds. The van der Waals surface area contributed by atoms with E-state index in [2.05, 4.69) is 5.32 Å². The summed E-state index contributed by atoms with van der Waals surface area (Å²) in [6.07, 6.45) is 0.546. The molecule has 0 saturated heterocycles. The fourth-order valence-electron chi connectivity index (χ4n) is 1.55. The van der Waals surface area contributed by atoms with Gasteiger partial charge in [-0.05, 0) is 32.8 Å². The SMILES string of the molecule is CCOC(=O)c1c(NC(=O)[C@@H](N)CC)sc(C)c1C. The molecule has 6 heteroatoms. The molecule has 0 aliphatic carbocycles. The van der Waals surface area contributed by atoms with Crippen molar-refractivity contribution in [1.29, 1.82) is 0 Å². The lowest BCUT2D eigenvalue weighted by atomic mass is 10.1. The van der Waals surface area contributed by atoms with Crippen LogP contribution in [0.25, 0.3) is 0 Å². The summed E-state index contributed by atoms with van der Waals surface area (Å²) in [6.45, 7) is 7.62. The molecule has 0 aliphatic heterocycles. The van der Waals surface area contributed by atoms with Crippen LogP contribution in [-0.2, 0) is 9.53 Å². The van der Waals surface area contributed by atoms with Crippen molar-refractivity contribution in [1.82, 2.24) is 0 Å². The Hall–Kier alpha value is -1.40. The number of anilines is 1. The van der Waals surface area contributed by atoms with Crippen LogP contribution in [0.5, 0.6) is 0 Å². The van der Waals surface area contributed by atoms with E-state index in [1.165, 1.54) is 11.3 Å². The van der Waals surface area contributed by atoms with E-state index < -0.39 is 12.0 Å². The van der Waals surface area contributed by atoms with Gasteiger partial charge in [0.1, 0.15) is 5.00 Å². The van der Waals surface area contributed by atoms with Crippen LogP contribution in [0, 0.1) is 13.8 Å². The van der Waals surface area contributed by atoms with Crippen molar-refractivity contribution >= 4 is 28.2 Å². The van der Waals surface area contributed by atoms with E-state index in [1.54, 1.807) is 6.92 Å². The van der Waals surface area contributed by atoms with E-state index >= 15 is 0 Å². The number of carbonyl (C=O) groups is 2. The van der Waals surface area contributed by atoms with Gasteiger partial charge in [0.15, 0.2) is 0 Å². The summed E-state index contributed by atoms with van der Waals surface area (Å²) in [4.78, 5) is 24.7. The number of nitrogens with two attached hydrogens (primary N) is 1. The number of hydrogen-bond acceptors (Lipinski definition) is 5. The van der Waals surface area contributed by atoms with Crippen LogP contribution < -0.4 is 11.1 Å². The molecule has 5 nitrogen and oxygen atoms in total. The second kappa shape index (κ2) is 6.68. The van der Waals surface area contributed by atoms with Gasteiger partial charge < -0.3 is 15.8 Å². The zero-order valence-electron chi connectivity index (χ0n) is 11.7. The molecule has 1 heterocycles. The topological polar surface area (TPSA) is 81.4 Å². The Morgan fingerprint density at radius 2 is 2.00 bits per heavy atom. The number of ether oxygens (including phenoxy) is 1. The van der Waals surface area contributed by atoms with E-state index in [0.717, 1.165) is 10.4 Å². The van der Waals surface area contributed by atoms with E-state index in [9.17, 15) is 9.59 Å². The first-order valence-corrected chi connectivity index (χ1v) is 7.07. The molecule has 0 saturated carbocycles. The smallest absolute Gasteiger partial charge is 0.341 e. The minimum Gasteiger partial charge on any atom is -0.462 e. The maximum Gasteiger partial charge on any atom is 0.341 e. The Morgan fingerprint density at radius 3 is 2.53 bits per heavy atom. The van der Waals surface area contributed by atoms with Gasteiger partial charge in [0.05, 0.1) is 18.2 Å². The van der Waals surface area contributed by atoms with Crippen LogP contribution in [0.15, 0.2) is 0 Å². The fourth-order valence-corrected chi connectivity index (χ4v) is 2.61. The Labute approximate surface area is 117 Å². The number of amides is 1. The molecule has 3 N–H and O–H groups in total. The zero-order chi connectivity index (χ0) is 14.6. The first-order valence-electron chi connectivity index (χ1n) is 6.25. The lowest BCUT2D eigenvalue weighted by Gasteiger charge is -2.10. The predicted molar refractivity (Wildman–Crippen MR) is 76.6 cm³/mol. The molecule has 1 aromatic rings. The van der Waals surface area contributed by atoms with Crippen molar-refractivity contribution in [3.63, 3.8) is 0 Å². The van der Waals surface area contributed by atoms with Crippen LogP contribution in [0.1, 0.15) is 41.1 Å². The van der Waals surface area contributed by atoms with Crippen molar-refractivity contribution in [3.8, 4) is 0 Å². The van der Waals surface area contributed by atoms with Gasteiger partial charge in [-0.1, -0.05) is 6.92 Å². The Morgan fingerprint density at radius 1 is 1.37 bits per heavy atom. The zero-order valence-corrected chi connectivity index (χ0v) is 12.5.